The predicted octanol–water partition coefficient (Wildman–Crippen LogP) is 1.98. The van der Waals surface area contributed by atoms with Crippen molar-refractivity contribution in [2.75, 3.05) is 34.8 Å². The van der Waals surface area contributed by atoms with E-state index < -0.39 is 5.97 Å². The van der Waals surface area contributed by atoms with Crippen molar-refractivity contribution in [1.29, 1.82) is 0 Å². The molecule has 162 valence electrons. The number of piperazine rings is 1. The van der Waals surface area contributed by atoms with Crippen molar-refractivity contribution in [3.05, 3.63) is 36.6 Å². The molecule has 2 aliphatic heterocycles. The highest BCUT2D eigenvalue weighted by atomic mass is 16.5. The standard InChI is InChI=1S/C20H24N8O3/c1-3-30-18(29)16-9-22-20(31-16)28-14-4-5-15(28)12-27(11-14)17-6-7-21-19(25-17)24-13-8-23-26(2)10-13/h6-10,14-15H,3-5,11-12H2,1-2H3,(H,21,24,25)/t14-,15+. The lowest BCUT2D eigenvalue weighted by molar-refractivity contribution is 0.0490. The van der Waals surface area contributed by atoms with Crippen molar-refractivity contribution < 1.29 is 13.9 Å². The van der Waals surface area contributed by atoms with Crippen LogP contribution in [0, 0.1) is 0 Å². The molecule has 0 amide bonds. The first kappa shape index (κ1) is 19.3. The van der Waals surface area contributed by atoms with Crippen LogP contribution in [0.3, 0.4) is 0 Å². The Kier molecular flexibility index (Phi) is 4.92. The van der Waals surface area contributed by atoms with E-state index in [0.717, 1.165) is 37.4 Å². The Morgan fingerprint density at radius 1 is 1.26 bits per heavy atom. The molecule has 2 aliphatic rings. The van der Waals surface area contributed by atoms with Crippen LogP contribution >= 0.6 is 0 Å². The molecule has 0 radical (unpaired) electrons. The number of hydrogen-bond donors (Lipinski definition) is 1. The van der Waals surface area contributed by atoms with Crippen molar-refractivity contribution in [2.45, 2.75) is 31.8 Å². The van der Waals surface area contributed by atoms with Gasteiger partial charge in [-0.1, -0.05) is 0 Å². The second-order valence-electron chi connectivity index (χ2n) is 7.69. The quantitative estimate of drug-likeness (QED) is 0.589. The molecule has 2 saturated heterocycles. The average molecular weight is 424 g/mol. The van der Waals surface area contributed by atoms with Crippen LogP contribution in [0.15, 0.2) is 35.3 Å². The van der Waals surface area contributed by atoms with E-state index >= 15 is 0 Å². The van der Waals surface area contributed by atoms with Crippen LogP contribution in [0.2, 0.25) is 0 Å². The fraction of sp³-hybridized carbons (Fsp3) is 0.450. The molecule has 11 heteroatoms. The van der Waals surface area contributed by atoms with Gasteiger partial charge in [-0.3, -0.25) is 4.68 Å². The highest BCUT2D eigenvalue weighted by molar-refractivity contribution is 5.86. The minimum Gasteiger partial charge on any atom is -0.460 e. The van der Waals surface area contributed by atoms with E-state index in [9.17, 15) is 4.79 Å². The zero-order valence-corrected chi connectivity index (χ0v) is 17.4. The Hall–Kier alpha value is -3.63. The van der Waals surface area contributed by atoms with E-state index in [-0.39, 0.29) is 17.8 Å². The minimum absolute atomic E-state index is 0.139. The molecule has 3 aromatic rings. The number of esters is 1. The number of hydrogen-bond acceptors (Lipinski definition) is 10. The number of carbonyl (C=O) groups excluding carboxylic acids is 1. The van der Waals surface area contributed by atoms with Crippen LogP contribution in [0.4, 0.5) is 23.5 Å². The number of fused-ring (bicyclic) bond motifs is 2. The van der Waals surface area contributed by atoms with E-state index in [0.29, 0.717) is 18.6 Å². The number of anilines is 4. The van der Waals surface area contributed by atoms with Crippen LogP contribution in [-0.4, -0.2) is 62.5 Å². The second kappa shape index (κ2) is 7.89. The monoisotopic (exact) mass is 424 g/mol. The molecule has 2 atom stereocenters. The number of nitrogens with one attached hydrogen (secondary N) is 1. The van der Waals surface area contributed by atoms with Crippen LogP contribution in [-0.2, 0) is 11.8 Å². The molecule has 1 N–H and O–H groups in total. The summed E-state index contributed by atoms with van der Waals surface area (Å²) in [5.74, 6) is 1.06. The third-order valence-corrected chi connectivity index (χ3v) is 5.60. The molecule has 0 unspecified atom stereocenters. The molecule has 0 saturated carbocycles. The van der Waals surface area contributed by atoms with E-state index in [1.165, 1.54) is 6.20 Å². The van der Waals surface area contributed by atoms with Crippen LogP contribution in [0.25, 0.3) is 0 Å². The molecule has 5 rings (SSSR count). The molecular formula is C20H24N8O3. The normalized spacial score (nSPS) is 20.2. The van der Waals surface area contributed by atoms with Crippen LogP contribution < -0.4 is 15.1 Å². The van der Waals surface area contributed by atoms with Gasteiger partial charge in [0.1, 0.15) is 5.82 Å². The van der Waals surface area contributed by atoms with Gasteiger partial charge in [0, 0.05) is 32.5 Å². The maximum atomic E-state index is 11.9. The Labute approximate surface area is 179 Å². The lowest BCUT2D eigenvalue weighted by Crippen LogP contribution is -2.54. The highest BCUT2D eigenvalue weighted by Gasteiger charge is 2.42. The van der Waals surface area contributed by atoms with Gasteiger partial charge in [-0.05, 0) is 25.8 Å². The number of oxazole rings is 1. The van der Waals surface area contributed by atoms with Crippen molar-refractivity contribution in [3.63, 3.8) is 0 Å². The van der Waals surface area contributed by atoms with Crippen LogP contribution in [0.1, 0.15) is 30.3 Å². The molecule has 0 spiro atoms. The molecule has 11 nitrogen and oxygen atoms in total. The van der Waals surface area contributed by atoms with E-state index in [4.69, 9.17) is 14.1 Å². The topological polar surface area (TPSA) is 114 Å². The molecule has 2 bridgehead atoms. The summed E-state index contributed by atoms with van der Waals surface area (Å²) < 4.78 is 12.4. The summed E-state index contributed by atoms with van der Waals surface area (Å²) in [6, 6.07) is 2.87. The summed E-state index contributed by atoms with van der Waals surface area (Å²) in [5.41, 5.74) is 0.839. The van der Waals surface area contributed by atoms with Gasteiger partial charge >= 0.3 is 5.97 Å². The van der Waals surface area contributed by atoms with Crippen molar-refractivity contribution in [3.8, 4) is 0 Å². The second-order valence-corrected chi connectivity index (χ2v) is 7.69. The maximum absolute atomic E-state index is 11.9. The largest absolute Gasteiger partial charge is 0.460 e. The van der Waals surface area contributed by atoms with Gasteiger partial charge in [-0.15, -0.1) is 0 Å². The summed E-state index contributed by atoms with van der Waals surface area (Å²) >= 11 is 0. The first-order valence-corrected chi connectivity index (χ1v) is 10.4. The summed E-state index contributed by atoms with van der Waals surface area (Å²) in [4.78, 5) is 29.7. The van der Waals surface area contributed by atoms with Crippen molar-refractivity contribution in [1.82, 2.24) is 24.7 Å². The molecule has 5 heterocycles. The van der Waals surface area contributed by atoms with Crippen molar-refractivity contribution >= 4 is 29.4 Å². The summed E-state index contributed by atoms with van der Waals surface area (Å²) in [6.45, 7) is 3.64. The Morgan fingerprint density at radius 3 is 2.77 bits per heavy atom. The molecular weight excluding hydrogens is 400 g/mol. The number of aryl methyl sites for hydroxylation is 1. The molecule has 0 aromatic carbocycles. The smallest absolute Gasteiger partial charge is 0.376 e. The van der Waals surface area contributed by atoms with Crippen LogP contribution in [0.5, 0.6) is 0 Å². The van der Waals surface area contributed by atoms with Gasteiger partial charge in [0.15, 0.2) is 0 Å². The minimum atomic E-state index is -0.484. The average Bonchev–Trinajstić information content (AvgIpc) is 3.46. The number of nitrogens with zero attached hydrogens (tertiary/aromatic N) is 7. The summed E-state index contributed by atoms with van der Waals surface area (Å²) in [5, 5.41) is 7.34. The zero-order chi connectivity index (χ0) is 21.4. The van der Waals surface area contributed by atoms with E-state index in [2.05, 4.69) is 30.2 Å². The van der Waals surface area contributed by atoms with Gasteiger partial charge < -0.3 is 24.3 Å². The fourth-order valence-electron chi connectivity index (χ4n) is 4.28. The number of ether oxygens (including phenoxy) is 1. The Bertz CT molecular complexity index is 1070. The summed E-state index contributed by atoms with van der Waals surface area (Å²) in [6.07, 6.45) is 8.87. The van der Waals surface area contributed by atoms with Crippen molar-refractivity contribution in [2.24, 2.45) is 7.05 Å². The molecule has 0 aliphatic carbocycles. The molecule has 31 heavy (non-hydrogen) atoms. The number of rotatable bonds is 6. The lowest BCUT2D eigenvalue weighted by Gasteiger charge is -2.40. The van der Waals surface area contributed by atoms with Gasteiger partial charge in [0.05, 0.1) is 36.8 Å². The first-order chi connectivity index (χ1) is 15.1. The van der Waals surface area contributed by atoms with Gasteiger partial charge in [0.2, 0.25) is 11.7 Å². The number of carbonyl (C=O) groups is 1. The Morgan fingerprint density at radius 2 is 2.06 bits per heavy atom. The zero-order valence-electron chi connectivity index (χ0n) is 17.4. The maximum Gasteiger partial charge on any atom is 0.376 e. The fourth-order valence-corrected chi connectivity index (χ4v) is 4.28. The van der Waals surface area contributed by atoms with Gasteiger partial charge in [-0.2, -0.15) is 10.1 Å². The third-order valence-electron chi connectivity index (χ3n) is 5.60. The molecule has 2 fully saturated rings. The van der Waals surface area contributed by atoms with Gasteiger partial charge in [0.25, 0.3) is 6.01 Å². The summed E-state index contributed by atoms with van der Waals surface area (Å²) in [7, 11) is 1.86. The van der Waals surface area contributed by atoms with E-state index in [1.54, 1.807) is 24.0 Å². The van der Waals surface area contributed by atoms with Gasteiger partial charge in [-0.25, -0.2) is 14.8 Å². The Balaban J connectivity index is 1.30. The first-order valence-electron chi connectivity index (χ1n) is 10.4. The lowest BCUT2D eigenvalue weighted by atomic mass is 10.2. The highest BCUT2D eigenvalue weighted by Crippen LogP contribution is 2.36. The molecule has 3 aromatic heterocycles. The number of aromatic nitrogens is 5. The predicted molar refractivity (Wildman–Crippen MR) is 112 cm³/mol. The van der Waals surface area contributed by atoms with E-state index in [1.807, 2.05) is 19.3 Å². The third kappa shape index (κ3) is 3.78. The SMILES string of the molecule is CCOC(=O)c1cnc(N2[C@@H]3CC[C@H]2CN(c2ccnc(Nc4cnn(C)c4)n2)C3)o1.